The highest BCUT2D eigenvalue weighted by Crippen LogP contribution is 2.24. The number of hydrogen-bond donors (Lipinski definition) is 0. The molecule has 0 radical (unpaired) electrons. The Morgan fingerprint density at radius 1 is 1.24 bits per heavy atom. The minimum atomic E-state index is 0.514. The van der Waals surface area contributed by atoms with Crippen LogP contribution in [-0.4, -0.2) is 15.4 Å². The Bertz CT molecular complexity index is 843. The van der Waals surface area contributed by atoms with Crippen molar-refractivity contribution in [3.05, 3.63) is 59.4 Å². The lowest BCUT2D eigenvalue weighted by Crippen LogP contribution is -2.02. The van der Waals surface area contributed by atoms with Crippen LogP contribution >= 0.6 is 11.6 Å². The molecule has 104 valence electrons. The molecule has 3 nitrogen and oxygen atoms in total. The monoisotopic (exact) mass is 295 g/mol. The summed E-state index contributed by atoms with van der Waals surface area (Å²) in [6.45, 7) is 2.05. The number of nitriles is 1. The van der Waals surface area contributed by atoms with Crippen LogP contribution < -0.4 is 0 Å². The highest BCUT2D eigenvalue weighted by atomic mass is 35.5. The van der Waals surface area contributed by atoms with Gasteiger partial charge >= 0.3 is 0 Å². The molecule has 0 spiro atoms. The van der Waals surface area contributed by atoms with Crippen molar-refractivity contribution in [1.82, 2.24) is 9.55 Å². The molecule has 0 N–H and O–H groups in total. The molecule has 0 bridgehead atoms. The Kier molecular flexibility index (Phi) is 3.64. The number of alkyl halides is 1. The van der Waals surface area contributed by atoms with Crippen LogP contribution in [0.5, 0.6) is 0 Å². The largest absolute Gasteiger partial charge is 0.296 e. The predicted molar refractivity (Wildman–Crippen MR) is 84.9 cm³/mol. The fourth-order valence-corrected chi connectivity index (χ4v) is 2.71. The van der Waals surface area contributed by atoms with Crippen LogP contribution in [0.2, 0.25) is 0 Å². The Labute approximate surface area is 128 Å². The molecule has 0 saturated carbocycles. The Morgan fingerprint density at radius 2 is 2.05 bits per heavy atom. The van der Waals surface area contributed by atoms with Crippen LogP contribution in [0.3, 0.4) is 0 Å². The SMILES string of the molecule is Cc1cccc2c1nc(CCCl)n2-c1cccc(C#N)c1. The third-order valence-corrected chi connectivity index (χ3v) is 3.70. The van der Waals surface area contributed by atoms with Gasteiger partial charge in [-0.15, -0.1) is 11.6 Å². The number of hydrogen-bond acceptors (Lipinski definition) is 2. The fraction of sp³-hybridized carbons (Fsp3) is 0.176. The standard InChI is InChI=1S/C17H14ClN3/c1-12-4-2-7-15-17(12)20-16(8-9-18)21(15)14-6-3-5-13(10-14)11-19/h2-7,10H,8-9H2,1H3. The Balaban J connectivity index is 2.31. The van der Waals surface area contributed by atoms with Gasteiger partial charge < -0.3 is 0 Å². The van der Waals surface area contributed by atoms with Crippen molar-refractivity contribution in [2.24, 2.45) is 0 Å². The van der Waals surface area contributed by atoms with Gasteiger partial charge in [0, 0.05) is 18.0 Å². The molecule has 0 saturated heterocycles. The van der Waals surface area contributed by atoms with Gasteiger partial charge in [0.05, 0.1) is 22.7 Å². The minimum absolute atomic E-state index is 0.514. The van der Waals surface area contributed by atoms with Crippen molar-refractivity contribution in [3.8, 4) is 11.8 Å². The van der Waals surface area contributed by atoms with Crippen LogP contribution in [-0.2, 0) is 6.42 Å². The molecule has 0 amide bonds. The Hall–Kier alpha value is -2.31. The van der Waals surface area contributed by atoms with Gasteiger partial charge in [-0.1, -0.05) is 18.2 Å². The number of halogens is 1. The topological polar surface area (TPSA) is 41.6 Å². The molecule has 0 aliphatic carbocycles. The summed E-state index contributed by atoms with van der Waals surface area (Å²) in [5, 5.41) is 9.09. The lowest BCUT2D eigenvalue weighted by molar-refractivity contribution is 0.912. The lowest BCUT2D eigenvalue weighted by atomic mass is 10.2. The van der Waals surface area contributed by atoms with Crippen molar-refractivity contribution in [3.63, 3.8) is 0 Å². The average molecular weight is 296 g/mol. The third kappa shape index (κ3) is 2.39. The van der Waals surface area contributed by atoms with E-state index in [0.29, 0.717) is 17.9 Å². The number of benzene rings is 2. The summed E-state index contributed by atoms with van der Waals surface area (Å²) in [4.78, 5) is 4.73. The molecule has 0 aliphatic heterocycles. The molecule has 1 heterocycles. The minimum Gasteiger partial charge on any atom is -0.296 e. The van der Waals surface area contributed by atoms with E-state index in [2.05, 4.69) is 23.6 Å². The van der Waals surface area contributed by atoms with Gasteiger partial charge in [0.2, 0.25) is 0 Å². The number of rotatable bonds is 3. The maximum atomic E-state index is 9.09. The molecule has 0 unspecified atom stereocenters. The Morgan fingerprint density at radius 3 is 2.81 bits per heavy atom. The highest BCUT2D eigenvalue weighted by Gasteiger charge is 2.13. The molecule has 3 aromatic rings. The summed E-state index contributed by atoms with van der Waals surface area (Å²) in [6, 6.07) is 15.9. The lowest BCUT2D eigenvalue weighted by Gasteiger charge is -2.09. The number of aryl methyl sites for hydroxylation is 2. The van der Waals surface area contributed by atoms with Gasteiger partial charge in [0.1, 0.15) is 5.82 Å². The number of para-hydroxylation sites is 1. The van der Waals surface area contributed by atoms with E-state index in [1.807, 2.05) is 30.3 Å². The number of fused-ring (bicyclic) bond motifs is 1. The van der Waals surface area contributed by atoms with Crippen LogP contribution in [0.1, 0.15) is 17.0 Å². The second-order valence-corrected chi connectivity index (χ2v) is 5.29. The first kappa shape index (κ1) is 13.7. The van der Waals surface area contributed by atoms with Crippen LogP contribution in [0.4, 0.5) is 0 Å². The van der Waals surface area contributed by atoms with Crippen LogP contribution in [0.15, 0.2) is 42.5 Å². The highest BCUT2D eigenvalue weighted by molar-refractivity contribution is 6.17. The van der Waals surface area contributed by atoms with E-state index >= 15 is 0 Å². The van der Waals surface area contributed by atoms with Crippen molar-refractivity contribution < 1.29 is 0 Å². The maximum Gasteiger partial charge on any atom is 0.115 e. The van der Waals surface area contributed by atoms with E-state index < -0.39 is 0 Å². The normalized spacial score (nSPS) is 10.7. The molecule has 4 heteroatoms. The molecule has 2 aromatic carbocycles. The third-order valence-electron chi connectivity index (χ3n) is 3.51. The summed E-state index contributed by atoms with van der Waals surface area (Å²) in [6.07, 6.45) is 0.687. The zero-order chi connectivity index (χ0) is 14.8. The quantitative estimate of drug-likeness (QED) is 0.686. The molecule has 0 atom stereocenters. The first-order valence-electron chi connectivity index (χ1n) is 6.78. The van der Waals surface area contributed by atoms with E-state index in [1.54, 1.807) is 6.07 Å². The first-order valence-corrected chi connectivity index (χ1v) is 7.31. The van der Waals surface area contributed by atoms with Gasteiger partial charge in [-0.05, 0) is 36.8 Å². The molecule has 0 fully saturated rings. The van der Waals surface area contributed by atoms with Gasteiger partial charge in [0.25, 0.3) is 0 Å². The molecule has 3 rings (SSSR count). The van der Waals surface area contributed by atoms with E-state index in [-0.39, 0.29) is 0 Å². The summed E-state index contributed by atoms with van der Waals surface area (Å²) in [7, 11) is 0. The summed E-state index contributed by atoms with van der Waals surface area (Å²) < 4.78 is 2.09. The summed E-state index contributed by atoms with van der Waals surface area (Å²) in [5.41, 5.74) is 4.75. The van der Waals surface area contributed by atoms with Crippen molar-refractivity contribution in [2.75, 3.05) is 5.88 Å². The number of imidazole rings is 1. The summed E-state index contributed by atoms with van der Waals surface area (Å²) in [5.74, 6) is 1.43. The van der Waals surface area contributed by atoms with Gasteiger partial charge in [0.15, 0.2) is 0 Å². The van der Waals surface area contributed by atoms with Crippen molar-refractivity contribution in [2.45, 2.75) is 13.3 Å². The zero-order valence-corrected chi connectivity index (χ0v) is 12.4. The van der Waals surface area contributed by atoms with Crippen molar-refractivity contribution in [1.29, 1.82) is 5.26 Å². The van der Waals surface area contributed by atoms with Gasteiger partial charge in [-0.2, -0.15) is 5.26 Å². The zero-order valence-electron chi connectivity index (χ0n) is 11.7. The second kappa shape index (κ2) is 5.59. The number of nitrogens with zero attached hydrogens (tertiary/aromatic N) is 3. The average Bonchev–Trinajstić information content (AvgIpc) is 2.87. The van der Waals surface area contributed by atoms with E-state index in [4.69, 9.17) is 21.8 Å². The molecule has 1 aromatic heterocycles. The first-order chi connectivity index (χ1) is 10.2. The molecule has 0 aliphatic rings. The van der Waals surface area contributed by atoms with Gasteiger partial charge in [-0.25, -0.2) is 4.98 Å². The van der Waals surface area contributed by atoms with Crippen molar-refractivity contribution >= 4 is 22.6 Å². The molecular formula is C17H14ClN3. The van der Waals surface area contributed by atoms with E-state index in [9.17, 15) is 0 Å². The van der Waals surface area contributed by atoms with E-state index in [1.165, 1.54) is 0 Å². The fourth-order valence-electron chi connectivity index (χ4n) is 2.54. The number of aromatic nitrogens is 2. The summed E-state index contributed by atoms with van der Waals surface area (Å²) >= 11 is 5.92. The van der Waals surface area contributed by atoms with E-state index in [0.717, 1.165) is 28.1 Å². The molecular weight excluding hydrogens is 282 g/mol. The van der Waals surface area contributed by atoms with Crippen LogP contribution in [0.25, 0.3) is 16.7 Å². The maximum absolute atomic E-state index is 9.09. The van der Waals surface area contributed by atoms with Gasteiger partial charge in [-0.3, -0.25) is 4.57 Å². The predicted octanol–water partition coefficient (Wildman–Crippen LogP) is 3.99. The second-order valence-electron chi connectivity index (χ2n) is 4.91. The van der Waals surface area contributed by atoms with Crippen LogP contribution in [0, 0.1) is 18.3 Å². The molecule has 21 heavy (non-hydrogen) atoms. The smallest absolute Gasteiger partial charge is 0.115 e.